The van der Waals surface area contributed by atoms with E-state index in [4.69, 9.17) is 0 Å². The summed E-state index contributed by atoms with van der Waals surface area (Å²) in [6.07, 6.45) is 2.13. The van der Waals surface area contributed by atoms with Crippen molar-refractivity contribution in [3.05, 3.63) is 29.8 Å². The van der Waals surface area contributed by atoms with E-state index in [1.165, 1.54) is 43.2 Å². The zero-order chi connectivity index (χ0) is 13.0. The lowest BCUT2D eigenvalue weighted by Crippen LogP contribution is -3.28. The summed E-state index contributed by atoms with van der Waals surface area (Å²) in [6.45, 7) is 11.2. The molecule has 2 rings (SSSR count). The van der Waals surface area contributed by atoms with Gasteiger partial charge in [0.25, 0.3) is 0 Å². The molecule has 1 saturated heterocycles. The number of piperazine rings is 1. The van der Waals surface area contributed by atoms with Gasteiger partial charge in [-0.05, 0) is 32.2 Å². The van der Waals surface area contributed by atoms with Crippen LogP contribution in [0.2, 0.25) is 0 Å². The molecule has 0 atom stereocenters. The molecule has 0 radical (unpaired) electrons. The van der Waals surface area contributed by atoms with Gasteiger partial charge in [0.2, 0.25) is 0 Å². The Kier molecular flexibility index (Phi) is 5.10. The van der Waals surface area contributed by atoms with Crippen molar-refractivity contribution in [2.45, 2.75) is 31.3 Å². The molecule has 18 heavy (non-hydrogen) atoms. The molecule has 1 aromatic rings. The fourth-order valence-corrected chi connectivity index (χ4v) is 3.12. The number of benzene rings is 1. The molecule has 0 spiro atoms. The molecule has 1 aliphatic heterocycles. The third-order valence-electron chi connectivity index (χ3n) is 4.03. The second-order valence-corrected chi connectivity index (χ2v) is 6.47. The van der Waals surface area contributed by atoms with E-state index in [2.05, 4.69) is 44.4 Å². The Bertz CT molecular complexity index is 353. The molecule has 100 valence electrons. The molecule has 2 nitrogen and oxygen atoms in total. The van der Waals surface area contributed by atoms with Crippen LogP contribution in [0.25, 0.3) is 0 Å². The standard InChI is InChI=1S/C15H24N2S/c1-13(2)17-10-8-16(9-11-17)12-14-4-6-15(18-3)7-5-14/h4-7,13H,8-12H2,1-3H3/p+2. The van der Waals surface area contributed by atoms with Gasteiger partial charge in [-0.15, -0.1) is 11.8 Å². The summed E-state index contributed by atoms with van der Waals surface area (Å²) in [7, 11) is 0. The summed E-state index contributed by atoms with van der Waals surface area (Å²) >= 11 is 1.82. The fraction of sp³-hybridized carbons (Fsp3) is 0.600. The Balaban J connectivity index is 1.83. The number of thioether (sulfide) groups is 1. The van der Waals surface area contributed by atoms with E-state index in [1.54, 1.807) is 9.80 Å². The molecule has 2 N–H and O–H groups in total. The maximum absolute atomic E-state index is 2.33. The second kappa shape index (κ2) is 6.60. The minimum atomic E-state index is 0.785. The first-order valence-corrected chi connectivity index (χ1v) is 8.22. The summed E-state index contributed by atoms with van der Waals surface area (Å²) in [5.74, 6) is 0. The Morgan fingerprint density at radius 3 is 2.17 bits per heavy atom. The predicted octanol–water partition coefficient (Wildman–Crippen LogP) is 0.100. The number of rotatable bonds is 4. The van der Waals surface area contributed by atoms with Crippen LogP contribution < -0.4 is 9.80 Å². The van der Waals surface area contributed by atoms with E-state index in [-0.39, 0.29) is 0 Å². The normalized spacial score (nSPS) is 24.4. The molecule has 0 aliphatic carbocycles. The van der Waals surface area contributed by atoms with Crippen LogP contribution in [-0.2, 0) is 6.54 Å². The number of quaternary nitrogens is 2. The number of hydrogen-bond donors (Lipinski definition) is 2. The topological polar surface area (TPSA) is 8.88 Å². The first kappa shape index (κ1) is 13.9. The van der Waals surface area contributed by atoms with Gasteiger partial charge in [-0.3, -0.25) is 0 Å². The van der Waals surface area contributed by atoms with Crippen molar-refractivity contribution in [3.63, 3.8) is 0 Å². The highest BCUT2D eigenvalue weighted by Gasteiger charge is 2.24. The Morgan fingerprint density at radius 2 is 1.67 bits per heavy atom. The first-order chi connectivity index (χ1) is 8.69. The van der Waals surface area contributed by atoms with Gasteiger partial charge in [0, 0.05) is 10.5 Å². The van der Waals surface area contributed by atoms with Crippen molar-refractivity contribution in [2.75, 3.05) is 32.4 Å². The molecule has 1 fully saturated rings. The molecule has 1 aromatic carbocycles. The fourth-order valence-electron chi connectivity index (χ4n) is 2.71. The molecule has 0 aromatic heterocycles. The van der Waals surface area contributed by atoms with Crippen molar-refractivity contribution < 1.29 is 9.80 Å². The lowest BCUT2D eigenvalue weighted by atomic mass is 10.2. The van der Waals surface area contributed by atoms with Crippen LogP contribution in [0.5, 0.6) is 0 Å². The largest absolute Gasteiger partial charge is 0.324 e. The van der Waals surface area contributed by atoms with Crippen molar-refractivity contribution in [2.24, 2.45) is 0 Å². The Labute approximate surface area is 115 Å². The Morgan fingerprint density at radius 1 is 1.06 bits per heavy atom. The highest BCUT2D eigenvalue weighted by molar-refractivity contribution is 7.98. The van der Waals surface area contributed by atoms with Crippen LogP contribution in [0.15, 0.2) is 29.2 Å². The van der Waals surface area contributed by atoms with Crippen LogP contribution in [0.4, 0.5) is 0 Å². The quantitative estimate of drug-likeness (QED) is 0.735. The minimum Gasteiger partial charge on any atom is -0.324 e. The maximum Gasteiger partial charge on any atom is 0.127 e. The number of nitrogens with one attached hydrogen (secondary N) is 2. The summed E-state index contributed by atoms with van der Waals surface area (Å²) < 4.78 is 0. The number of hydrogen-bond acceptors (Lipinski definition) is 1. The van der Waals surface area contributed by atoms with Crippen LogP contribution in [0, 0.1) is 0 Å². The van der Waals surface area contributed by atoms with Gasteiger partial charge >= 0.3 is 0 Å². The second-order valence-electron chi connectivity index (χ2n) is 5.59. The van der Waals surface area contributed by atoms with Crippen molar-refractivity contribution >= 4 is 11.8 Å². The van der Waals surface area contributed by atoms with E-state index in [1.807, 2.05) is 11.8 Å². The predicted molar refractivity (Wildman–Crippen MR) is 78.5 cm³/mol. The highest BCUT2D eigenvalue weighted by atomic mass is 32.2. The van der Waals surface area contributed by atoms with Gasteiger partial charge in [-0.2, -0.15) is 0 Å². The zero-order valence-electron chi connectivity index (χ0n) is 11.8. The summed E-state index contributed by atoms with van der Waals surface area (Å²) in [5.41, 5.74) is 1.48. The molecule has 1 heterocycles. The molecule has 0 unspecified atom stereocenters. The SMILES string of the molecule is CSc1ccc(C[NH+]2CC[NH+](C(C)C)CC2)cc1. The van der Waals surface area contributed by atoms with E-state index in [0.717, 1.165) is 6.04 Å². The molecule has 3 heteroatoms. The average molecular weight is 266 g/mol. The van der Waals surface area contributed by atoms with Gasteiger partial charge in [0.15, 0.2) is 0 Å². The van der Waals surface area contributed by atoms with Crippen LogP contribution in [0.3, 0.4) is 0 Å². The van der Waals surface area contributed by atoms with Gasteiger partial charge in [-0.1, -0.05) is 12.1 Å². The zero-order valence-corrected chi connectivity index (χ0v) is 12.6. The van der Waals surface area contributed by atoms with Gasteiger partial charge in [0.1, 0.15) is 32.7 Å². The van der Waals surface area contributed by atoms with Crippen LogP contribution in [-0.4, -0.2) is 38.5 Å². The summed E-state index contributed by atoms with van der Waals surface area (Å²) in [4.78, 5) is 4.88. The van der Waals surface area contributed by atoms with Crippen LogP contribution >= 0.6 is 11.8 Å². The third-order valence-corrected chi connectivity index (χ3v) is 4.77. The van der Waals surface area contributed by atoms with E-state index < -0.39 is 0 Å². The average Bonchev–Trinajstić information content (AvgIpc) is 2.40. The van der Waals surface area contributed by atoms with Crippen molar-refractivity contribution in [1.29, 1.82) is 0 Å². The molecular formula is C15H26N2S+2. The van der Waals surface area contributed by atoms with Gasteiger partial charge < -0.3 is 9.80 Å². The highest BCUT2D eigenvalue weighted by Crippen LogP contribution is 2.14. The monoisotopic (exact) mass is 266 g/mol. The first-order valence-electron chi connectivity index (χ1n) is 7.00. The van der Waals surface area contributed by atoms with E-state index in [9.17, 15) is 0 Å². The molecule has 0 amide bonds. The smallest absolute Gasteiger partial charge is 0.127 e. The van der Waals surface area contributed by atoms with Crippen LogP contribution in [0.1, 0.15) is 19.4 Å². The van der Waals surface area contributed by atoms with E-state index in [0.29, 0.717) is 0 Å². The van der Waals surface area contributed by atoms with Crippen molar-refractivity contribution in [3.8, 4) is 0 Å². The van der Waals surface area contributed by atoms with E-state index >= 15 is 0 Å². The molecular weight excluding hydrogens is 240 g/mol. The maximum atomic E-state index is 2.33. The molecule has 1 aliphatic rings. The molecule has 0 bridgehead atoms. The Hall–Kier alpha value is -0.510. The lowest BCUT2D eigenvalue weighted by molar-refractivity contribution is -1.03. The van der Waals surface area contributed by atoms with Gasteiger partial charge in [0.05, 0.1) is 6.04 Å². The minimum absolute atomic E-state index is 0.785. The van der Waals surface area contributed by atoms with Crippen molar-refractivity contribution in [1.82, 2.24) is 0 Å². The molecule has 0 saturated carbocycles. The lowest BCUT2D eigenvalue weighted by Gasteiger charge is -2.32. The summed E-state index contributed by atoms with van der Waals surface area (Å²) in [6, 6.07) is 9.86. The van der Waals surface area contributed by atoms with Gasteiger partial charge in [-0.25, -0.2) is 0 Å². The summed E-state index contributed by atoms with van der Waals surface area (Å²) in [5, 5.41) is 0. The third kappa shape index (κ3) is 3.74.